The Bertz CT molecular complexity index is 1030. The van der Waals surface area contributed by atoms with E-state index in [1.807, 2.05) is 0 Å². The van der Waals surface area contributed by atoms with Gasteiger partial charge in [-0.15, -0.1) is 11.3 Å². The Kier molecular flexibility index (Phi) is 6.53. The quantitative estimate of drug-likeness (QED) is 0.537. The van der Waals surface area contributed by atoms with Crippen LogP contribution < -0.4 is 5.32 Å². The number of aromatic amines is 1. The summed E-state index contributed by atoms with van der Waals surface area (Å²) in [6, 6.07) is 7.61. The summed E-state index contributed by atoms with van der Waals surface area (Å²) in [6.45, 7) is -1.54. The van der Waals surface area contributed by atoms with E-state index in [1.54, 1.807) is 17.6 Å². The second kappa shape index (κ2) is 9.09. The minimum atomic E-state index is -4.38. The number of nitrogens with zero attached hydrogens (tertiary/aromatic N) is 1. The van der Waals surface area contributed by atoms with Gasteiger partial charge in [-0.05, 0) is 23.8 Å². The third-order valence-electron chi connectivity index (χ3n) is 3.86. The summed E-state index contributed by atoms with van der Waals surface area (Å²) in [5.41, 5.74) is 2.35. The first kappa shape index (κ1) is 21.5. The monoisotopic (exact) mass is 439 g/mol. The van der Waals surface area contributed by atoms with Gasteiger partial charge in [0, 0.05) is 22.7 Å². The van der Waals surface area contributed by atoms with E-state index in [-0.39, 0.29) is 12.3 Å². The van der Waals surface area contributed by atoms with Crippen molar-refractivity contribution in [2.45, 2.75) is 12.8 Å². The Balaban J connectivity index is 1.58. The fraction of sp³-hybridized carbons (Fsp3) is 0.211. The standard InChI is InChI=1S/C19H16F3N3O4S/c1-28-17(27)14-6-13(7-23-14)15-9-30-18(24-15)25-16(26)12-4-2-11(3-5-12)8-29-10-19(20,21)22/h2-7,9,23H,8,10H2,1H3,(H,24,25,26). The molecule has 0 radical (unpaired) electrons. The Hall–Kier alpha value is -3.18. The number of carbonyl (C=O) groups excluding carboxylic acids is 2. The summed E-state index contributed by atoms with van der Waals surface area (Å²) in [4.78, 5) is 31.0. The highest BCUT2D eigenvalue weighted by Gasteiger charge is 2.27. The molecule has 0 saturated heterocycles. The second-order valence-electron chi connectivity index (χ2n) is 6.09. The number of anilines is 1. The van der Waals surface area contributed by atoms with Gasteiger partial charge in [-0.2, -0.15) is 13.2 Å². The molecule has 0 unspecified atom stereocenters. The van der Waals surface area contributed by atoms with Crippen molar-refractivity contribution < 1.29 is 32.2 Å². The van der Waals surface area contributed by atoms with Crippen LogP contribution in [0, 0.1) is 0 Å². The largest absolute Gasteiger partial charge is 0.464 e. The molecule has 2 aromatic heterocycles. The Morgan fingerprint density at radius 3 is 2.63 bits per heavy atom. The molecule has 11 heteroatoms. The smallest absolute Gasteiger partial charge is 0.411 e. The van der Waals surface area contributed by atoms with Crippen molar-refractivity contribution in [3.63, 3.8) is 0 Å². The van der Waals surface area contributed by atoms with Crippen molar-refractivity contribution in [1.82, 2.24) is 9.97 Å². The number of hydrogen-bond donors (Lipinski definition) is 2. The lowest BCUT2D eigenvalue weighted by atomic mass is 10.1. The molecular formula is C19H16F3N3O4S. The number of benzene rings is 1. The zero-order chi connectivity index (χ0) is 21.7. The molecule has 1 aromatic carbocycles. The van der Waals surface area contributed by atoms with Gasteiger partial charge < -0.3 is 14.5 Å². The van der Waals surface area contributed by atoms with Crippen LogP contribution in [0.4, 0.5) is 18.3 Å². The van der Waals surface area contributed by atoms with Crippen LogP contribution in [0.3, 0.4) is 0 Å². The number of methoxy groups -OCH3 is 1. The Labute approximate surface area is 172 Å². The van der Waals surface area contributed by atoms with Crippen molar-refractivity contribution >= 4 is 28.3 Å². The number of aromatic nitrogens is 2. The van der Waals surface area contributed by atoms with Gasteiger partial charge >= 0.3 is 12.1 Å². The number of amides is 1. The molecule has 158 valence electrons. The minimum Gasteiger partial charge on any atom is -0.464 e. The van der Waals surface area contributed by atoms with Gasteiger partial charge in [-0.3, -0.25) is 10.1 Å². The summed E-state index contributed by atoms with van der Waals surface area (Å²) in [5.74, 6) is -0.916. The minimum absolute atomic E-state index is 0.207. The maximum Gasteiger partial charge on any atom is 0.411 e. The van der Waals surface area contributed by atoms with Gasteiger partial charge in [0.25, 0.3) is 5.91 Å². The number of rotatable bonds is 7. The highest BCUT2D eigenvalue weighted by Crippen LogP contribution is 2.26. The molecule has 0 saturated carbocycles. The predicted octanol–water partition coefficient (Wildman–Crippen LogP) is 4.26. The van der Waals surface area contributed by atoms with Crippen molar-refractivity contribution in [3.8, 4) is 11.3 Å². The Morgan fingerprint density at radius 1 is 1.23 bits per heavy atom. The van der Waals surface area contributed by atoms with E-state index in [9.17, 15) is 22.8 Å². The molecule has 0 aliphatic rings. The van der Waals surface area contributed by atoms with E-state index < -0.39 is 24.7 Å². The number of halogens is 3. The number of nitrogens with one attached hydrogen (secondary N) is 2. The molecule has 2 heterocycles. The molecule has 0 spiro atoms. The molecule has 0 aliphatic carbocycles. The molecule has 7 nitrogen and oxygen atoms in total. The van der Waals surface area contributed by atoms with Crippen LogP contribution >= 0.6 is 11.3 Å². The first-order chi connectivity index (χ1) is 14.2. The number of thiazole rings is 1. The highest BCUT2D eigenvalue weighted by atomic mass is 32.1. The van der Waals surface area contributed by atoms with Gasteiger partial charge in [0.1, 0.15) is 12.3 Å². The average Bonchev–Trinajstić information content (AvgIpc) is 3.36. The summed E-state index contributed by atoms with van der Waals surface area (Å²) in [5, 5.41) is 4.74. The van der Waals surface area contributed by atoms with Crippen LogP contribution in [-0.4, -0.2) is 41.7 Å². The predicted molar refractivity (Wildman–Crippen MR) is 103 cm³/mol. The maximum absolute atomic E-state index is 12.4. The van der Waals surface area contributed by atoms with Crippen molar-refractivity contribution in [1.29, 1.82) is 0 Å². The molecule has 30 heavy (non-hydrogen) atoms. The average molecular weight is 439 g/mol. The molecule has 0 atom stereocenters. The van der Waals surface area contributed by atoms with Crippen molar-refractivity contribution in [2.24, 2.45) is 0 Å². The lowest BCUT2D eigenvalue weighted by Gasteiger charge is -2.08. The van der Waals surface area contributed by atoms with Gasteiger partial charge in [-0.1, -0.05) is 12.1 Å². The summed E-state index contributed by atoms with van der Waals surface area (Å²) in [6.07, 6.45) is -2.78. The van der Waals surface area contributed by atoms with Gasteiger partial charge in [-0.25, -0.2) is 9.78 Å². The SMILES string of the molecule is COC(=O)c1cc(-c2csc(NC(=O)c3ccc(COCC(F)(F)F)cc3)n2)c[nH]1. The van der Waals surface area contributed by atoms with Gasteiger partial charge in [0.2, 0.25) is 0 Å². The van der Waals surface area contributed by atoms with Crippen LogP contribution in [0.15, 0.2) is 41.9 Å². The molecule has 3 aromatic rings. The first-order valence-corrected chi connectivity index (χ1v) is 9.40. The van der Waals surface area contributed by atoms with E-state index in [1.165, 1.54) is 42.7 Å². The van der Waals surface area contributed by atoms with E-state index in [2.05, 4.69) is 24.8 Å². The van der Waals surface area contributed by atoms with Crippen LogP contribution in [0.25, 0.3) is 11.3 Å². The third kappa shape index (κ3) is 5.67. The maximum atomic E-state index is 12.4. The van der Waals surface area contributed by atoms with E-state index in [0.717, 1.165) is 0 Å². The summed E-state index contributed by atoms with van der Waals surface area (Å²) in [7, 11) is 1.28. The molecule has 1 amide bonds. The van der Waals surface area contributed by atoms with Gasteiger partial charge in [0.15, 0.2) is 5.13 Å². The lowest BCUT2D eigenvalue weighted by molar-refractivity contribution is -0.176. The van der Waals surface area contributed by atoms with Crippen LogP contribution in [0.5, 0.6) is 0 Å². The number of hydrogen-bond acceptors (Lipinski definition) is 6. The third-order valence-corrected chi connectivity index (χ3v) is 4.62. The van der Waals surface area contributed by atoms with Crippen molar-refractivity contribution in [3.05, 3.63) is 58.7 Å². The molecule has 3 rings (SSSR count). The number of H-pyrrole nitrogens is 1. The summed E-state index contributed by atoms with van der Waals surface area (Å²) < 4.78 is 45.5. The number of alkyl halides is 3. The Morgan fingerprint density at radius 2 is 1.97 bits per heavy atom. The number of carbonyl (C=O) groups is 2. The van der Waals surface area contributed by atoms with Crippen LogP contribution in [-0.2, 0) is 16.1 Å². The number of esters is 1. The fourth-order valence-corrected chi connectivity index (χ4v) is 3.15. The van der Waals surface area contributed by atoms with Crippen molar-refractivity contribution in [2.75, 3.05) is 19.0 Å². The molecule has 0 fully saturated rings. The summed E-state index contributed by atoms with van der Waals surface area (Å²) >= 11 is 1.21. The first-order valence-electron chi connectivity index (χ1n) is 8.52. The molecule has 0 aliphatic heterocycles. The topological polar surface area (TPSA) is 93.3 Å². The van der Waals surface area contributed by atoms with E-state index in [4.69, 9.17) is 0 Å². The molecule has 0 bridgehead atoms. The van der Waals surface area contributed by atoms with Gasteiger partial charge in [0.05, 0.1) is 19.4 Å². The van der Waals surface area contributed by atoms with E-state index >= 15 is 0 Å². The van der Waals surface area contributed by atoms with Crippen LogP contribution in [0.1, 0.15) is 26.4 Å². The zero-order valence-electron chi connectivity index (χ0n) is 15.6. The molecule has 2 N–H and O–H groups in total. The fourth-order valence-electron chi connectivity index (χ4n) is 2.44. The number of ether oxygens (including phenoxy) is 2. The lowest BCUT2D eigenvalue weighted by Crippen LogP contribution is -2.16. The molecular weight excluding hydrogens is 423 g/mol. The second-order valence-corrected chi connectivity index (χ2v) is 6.95. The highest BCUT2D eigenvalue weighted by molar-refractivity contribution is 7.14. The normalized spacial score (nSPS) is 11.3. The van der Waals surface area contributed by atoms with Crippen LogP contribution in [0.2, 0.25) is 0 Å². The van der Waals surface area contributed by atoms with E-state index in [0.29, 0.717) is 27.5 Å². The zero-order valence-corrected chi connectivity index (χ0v) is 16.4.